The Morgan fingerprint density at radius 1 is 1.25 bits per heavy atom. The number of rotatable bonds is 5. The number of hydrogen-bond acceptors (Lipinski definition) is 3. The molecule has 1 saturated carbocycles. The van der Waals surface area contributed by atoms with Gasteiger partial charge in [-0.25, -0.2) is 9.59 Å². The fourth-order valence-corrected chi connectivity index (χ4v) is 1.97. The molecule has 4 heteroatoms. The zero-order valence-corrected chi connectivity index (χ0v) is 9.41. The van der Waals surface area contributed by atoms with Crippen molar-refractivity contribution in [1.29, 1.82) is 0 Å². The Morgan fingerprint density at radius 3 is 2.44 bits per heavy atom. The van der Waals surface area contributed by atoms with E-state index in [1.165, 1.54) is 32.1 Å². The standard InChI is InChI=1S/C12H18O4/c1-9(11(13)14)12(15)16-8-7-10-5-3-2-4-6-10/h10H,1-8H2,(H,13,14). The Bertz CT molecular complexity index is 277. The van der Waals surface area contributed by atoms with E-state index in [4.69, 9.17) is 9.84 Å². The Balaban J connectivity index is 2.17. The Labute approximate surface area is 95.3 Å². The number of carboxylic acid groups (broad SMARTS) is 1. The van der Waals surface area contributed by atoms with E-state index < -0.39 is 17.5 Å². The number of hydrogen-bond donors (Lipinski definition) is 1. The third kappa shape index (κ3) is 4.04. The minimum Gasteiger partial charge on any atom is -0.477 e. The summed E-state index contributed by atoms with van der Waals surface area (Å²) in [7, 11) is 0. The second kappa shape index (κ2) is 6.30. The van der Waals surface area contributed by atoms with Crippen LogP contribution in [-0.2, 0) is 14.3 Å². The van der Waals surface area contributed by atoms with E-state index in [2.05, 4.69) is 6.58 Å². The van der Waals surface area contributed by atoms with Crippen molar-refractivity contribution in [3.8, 4) is 0 Å². The maximum atomic E-state index is 11.1. The van der Waals surface area contributed by atoms with Gasteiger partial charge in [-0.05, 0) is 12.3 Å². The average Bonchev–Trinajstić information content (AvgIpc) is 2.29. The highest BCUT2D eigenvalue weighted by Gasteiger charge is 2.17. The normalized spacial score (nSPS) is 16.8. The molecule has 0 unspecified atom stereocenters. The van der Waals surface area contributed by atoms with Gasteiger partial charge in [0.15, 0.2) is 0 Å². The third-order valence-electron chi connectivity index (χ3n) is 2.99. The molecule has 0 aromatic carbocycles. The first-order valence-electron chi connectivity index (χ1n) is 5.70. The Morgan fingerprint density at radius 2 is 1.88 bits per heavy atom. The molecule has 0 atom stereocenters. The molecule has 0 aromatic heterocycles. The Hall–Kier alpha value is -1.32. The SMILES string of the molecule is C=C(C(=O)O)C(=O)OCCC1CCCCC1. The second-order valence-electron chi connectivity index (χ2n) is 4.21. The zero-order valence-electron chi connectivity index (χ0n) is 9.41. The van der Waals surface area contributed by atoms with E-state index in [0.29, 0.717) is 12.5 Å². The molecule has 0 amide bonds. The molecule has 16 heavy (non-hydrogen) atoms. The van der Waals surface area contributed by atoms with Crippen LogP contribution in [-0.4, -0.2) is 23.7 Å². The summed E-state index contributed by atoms with van der Waals surface area (Å²) in [5, 5.41) is 8.50. The highest BCUT2D eigenvalue weighted by molar-refractivity contribution is 6.12. The molecule has 90 valence electrons. The number of aliphatic carboxylic acids is 1. The van der Waals surface area contributed by atoms with Crippen LogP contribution < -0.4 is 0 Å². The lowest BCUT2D eigenvalue weighted by atomic mass is 9.87. The van der Waals surface area contributed by atoms with Gasteiger partial charge in [0, 0.05) is 0 Å². The van der Waals surface area contributed by atoms with Gasteiger partial charge in [-0.15, -0.1) is 0 Å². The first-order valence-corrected chi connectivity index (χ1v) is 5.70. The molecule has 1 aliphatic carbocycles. The van der Waals surface area contributed by atoms with Crippen LogP contribution in [0.2, 0.25) is 0 Å². The van der Waals surface area contributed by atoms with Crippen molar-refractivity contribution in [1.82, 2.24) is 0 Å². The van der Waals surface area contributed by atoms with Crippen LogP contribution in [0.1, 0.15) is 38.5 Å². The van der Waals surface area contributed by atoms with Crippen LogP contribution in [0.15, 0.2) is 12.2 Å². The highest BCUT2D eigenvalue weighted by atomic mass is 16.5. The number of carbonyl (C=O) groups is 2. The lowest BCUT2D eigenvalue weighted by Gasteiger charge is -2.20. The van der Waals surface area contributed by atoms with Gasteiger partial charge in [0.1, 0.15) is 5.57 Å². The van der Waals surface area contributed by atoms with Crippen LogP contribution >= 0.6 is 0 Å². The minimum atomic E-state index is -1.32. The van der Waals surface area contributed by atoms with E-state index >= 15 is 0 Å². The number of carboxylic acids is 1. The highest BCUT2D eigenvalue weighted by Crippen LogP contribution is 2.26. The van der Waals surface area contributed by atoms with Crippen molar-refractivity contribution >= 4 is 11.9 Å². The van der Waals surface area contributed by atoms with Gasteiger partial charge in [0.25, 0.3) is 0 Å². The van der Waals surface area contributed by atoms with Crippen molar-refractivity contribution in [2.45, 2.75) is 38.5 Å². The molecule has 0 spiro atoms. The smallest absolute Gasteiger partial charge is 0.344 e. The van der Waals surface area contributed by atoms with E-state index in [1.54, 1.807) is 0 Å². The van der Waals surface area contributed by atoms with Crippen LogP contribution in [0.25, 0.3) is 0 Å². The molecule has 0 saturated heterocycles. The molecular weight excluding hydrogens is 208 g/mol. The van der Waals surface area contributed by atoms with Crippen molar-refractivity contribution in [3.63, 3.8) is 0 Å². The van der Waals surface area contributed by atoms with Gasteiger partial charge in [-0.2, -0.15) is 0 Å². The summed E-state index contributed by atoms with van der Waals surface area (Å²) in [4.78, 5) is 21.5. The molecule has 0 radical (unpaired) electrons. The first kappa shape index (κ1) is 12.7. The summed E-state index contributed by atoms with van der Waals surface area (Å²) in [5.41, 5.74) is -0.497. The zero-order chi connectivity index (χ0) is 12.0. The summed E-state index contributed by atoms with van der Waals surface area (Å²) >= 11 is 0. The van der Waals surface area contributed by atoms with Crippen molar-refractivity contribution in [3.05, 3.63) is 12.2 Å². The van der Waals surface area contributed by atoms with E-state index in [1.807, 2.05) is 0 Å². The van der Waals surface area contributed by atoms with Gasteiger partial charge in [-0.3, -0.25) is 0 Å². The average molecular weight is 226 g/mol. The van der Waals surface area contributed by atoms with Crippen LogP contribution in [0.4, 0.5) is 0 Å². The summed E-state index contributed by atoms with van der Waals surface area (Å²) < 4.78 is 4.85. The predicted octanol–water partition coefficient (Wildman–Crippen LogP) is 2.14. The van der Waals surface area contributed by atoms with E-state index in [-0.39, 0.29) is 0 Å². The summed E-state index contributed by atoms with van der Waals surface area (Å²) in [5.74, 6) is -1.51. The second-order valence-corrected chi connectivity index (χ2v) is 4.21. The fourth-order valence-electron chi connectivity index (χ4n) is 1.97. The topological polar surface area (TPSA) is 63.6 Å². The van der Waals surface area contributed by atoms with Crippen molar-refractivity contribution in [2.24, 2.45) is 5.92 Å². The lowest BCUT2D eigenvalue weighted by Crippen LogP contribution is -2.17. The maximum Gasteiger partial charge on any atom is 0.344 e. The summed E-state index contributed by atoms with van der Waals surface area (Å²) in [6, 6.07) is 0. The number of carbonyl (C=O) groups excluding carboxylic acids is 1. The summed E-state index contributed by atoms with van der Waals surface area (Å²) in [6.45, 7) is 3.45. The van der Waals surface area contributed by atoms with Crippen molar-refractivity contribution < 1.29 is 19.4 Å². The summed E-state index contributed by atoms with van der Waals surface area (Å²) in [6.07, 6.45) is 7.01. The van der Waals surface area contributed by atoms with E-state index in [9.17, 15) is 9.59 Å². The lowest BCUT2D eigenvalue weighted by molar-refractivity contribution is -0.144. The molecule has 0 bridgehead atoms. The predicted molar refractivity (Wildman–Crippen MR) is 58.9 cm³/mol. The molecular formula is C12H18O4. The van der Waals surface area contributed by atoms with Gasteiger partial charge < -0.3 is 9.84 Å². The number of esters is 1. The van der Waals surface area contributed by atoms with Crippen LogP contribution in [0, 0.1) is 5.92 Å². The fraction of sp³-hybridized carbons (Fsp3) is 0.667. The molecule has 1 rings (SSSR count). The molecule has 1 aliphatic rings. The quantitative estimate of drug-likeness (QED) is 0.337. The number of ether oxygens (including phenoxy) is 1. The molecule has 1 N–H and O–H groups in total. The first-order chi connectivity index (χ1) is 7.61. The largest absolute Gasteiger partial charge is 0.477 e. The van der Waals surface area contributed by atoms with Crippen LogP contribution in [0.5, 0.6) is 0 Å². The monoisotopic (exact) mass is 226 g/mol. The molecule has 0 aromatic rings. The van der Waals surface area contributed by atoms with Crippen molar-refractivity contribution in [2.75, 3.05) is 6.61 Å². The van der Waals surface area contributed by atoms with E-state index in [0.717, 1.165) is 6.42 Å². The van der Waals surface area contributed by atoms with Gasteiger partial charge in [0.05, 0.1) is 6.61 Å². The van der Waals surface area contributed by atoms with Gasteiger partial charge in [0.2, 0.25) is 0 Å². The van der Waals surface area contributed by atoms with Gasteiger partial charge >= 0.3 is 11.9 Å². The molecule has 0 heterocycles. The maximum absolute atomic E-state index is 11.1. The minimum absolute atomic E-state index is 0.301. The molecule has 0 aliphatic heterocycles. The Kier molecular flexibility index (Phi) is 5.02. The molecule has 4 nitrogen and oxygen atoms in total. The third-order valence-corrected chi connectivity index (χ3v) is 2.99. The van der Waals surface area contributed by atoms with Gasteiger partial charge in [-0.1, -0.05) is 38.7 Å². The molecule has 1 fully saturated rings. The van der Waals surface area contributed by atoms with Crippen LogP contribution in [0.3, 0.4) is 0 Å².